The van der Waals surface area contributed by atoms with Crippen molar-refractivity contribution in [1.29, 1.82) is 0 Å². The minimum atomic E-state index is -2.77. The van der Waals surface area contributed by atoms with Crippen LogP contribution in [0.15, 0.2) is 35.3 Å². The fourth-order valence-electron chi connectivity index (χ4n) is 3.13. The van der Waals surface area contributed by atoms with Crippen LogP contribution in [-0.2, 0) is 24.7 Å². The Morgan fingerprint density at radius 3 is 2.22 bits per heavy atom. The molecular weight excluding hydrogens is 512 g/mol. The summed E-state index contributed by atoms with van der Waals surface area (Å²) in [4.78, 5) is 52.8. The van der Waals surface area contributed by atoms with E-state index in [-0.39, 0.29) is 37.3 Å². The second kappa shape index (κ2) is 15.5. The number of nitrogens with two attached hydrogens (primary N) is 2. The molecule has 6 N–H and O–H groups in total. The summed E-state index contributed by atoms with van der Waals surface area (Å²) in [5.74, 6) is -2.34. The molecule has 0 aliphatic rings. The van der Waals surface area contributed by atoms with Gasteiger partial charge in [0.25, 0.3) is 5.91 Å². The van der Waals surface area contributed by atoms with Crippen LogP contribution in [0.25, 0.3) is 0 Å². The summed E-state index contributed by atoms with van der Waals surface area (Å²) in [5, 5.41) is 16.5. The first-order chi connectivity index (χ1) is 17.0. The predicted molar refractivity (Wildman–Crippen MR) is 138 cm³/mol. The minimum Gasteiger partial charge on any atom is -0.370 e. The summed E-state index contributed by atoms with van der Waals surface area (Å²) in [7, 11) is -2.77. The van der Waals surface area contributed by atoms with Gasteiger partial charge in [0.15, 0.2) is 11.7 Å². The van der Waals surface area contributed by atoms with E-state index >= 15 is 0 Å². The Hall–Kier alpha value is -3.46. The number of ketones is 1. The Bertz CT molecular complexity index is 1100. The fraction of sp³-hybridized carbons (Fsp3) is 0.476. The molecule has 0 fully saturated rings. The van der Waals surface area contributed by atoms with Gasteiger partial charge in [-0.2, -0.15) is 20.2 Å². The Balaban J connectivity index is 3.19. The third kappa shape index (κ3) is 10.0. The number of hydrogen-bond acceptors (Lipinski definition) is 9. The van der Waals surface area contributed by atoms with Crippen LogP contribution in [0.4, 0.5) is 0 Å². The van der Waals surface area contributed by atoms with Crippen molar-refractivity contribution in [1.82, 2.24) is 10.6 Å². The lowest BCUT2D eigenvalue weighted by Crippen LogP contribution is -2.53. The number of nitro groups is 1. The highest BCUT2D eigenvalue weighted by Gasteiger charge is 2.35. The van der Waals surface area contributed by atoms with Gasteiger partial charge in [0, 0.05) is 17.0 Å². The maximum atomic E-state index is 13.1. The normalized spacial score (nSPS) is 12.9. The lowest BCUT2D eigenvalue weighted by Gasteiger charge is -2.23. The number of Topliss-reactive ketones (excluding diaryl/α,β-unsaturated/α-hetero) is 1. The molecule has 1 rings (SSSR count). The SMILES string of the molecule is CSCC[C@H](NC(=O)[C@H](CCCN=C(N)N)NC(=O)C(c1ccccc1)[N+](=O)[O-])C(=O)C(C)=S(=O)=O. The summed E-state index contributed by atoms with van der Waals surface area (Å²) in [5.41, 5.74) is 10.7. The van der Waals surface area contributed by atoms with Crippen LogP contribution >= 0.6 is 11.8 Å². The van der Waals surface area contributed by atoms with Crippen molar-refractivity contribution < 1.29 is 27.7 Å². The maximum absolute atomic E-state index is 13.1. The molecule has 1 unspecified atom stereocenters. The lowest BCUT2D eigenvalue weighted by molar-refractivity contribution is -0.513. The van der Waals surface area contributed by atoms with Gasteiger partial charge in [0.05, 0.1) is 6.04 Å². The van der Waals surface area contributed by atoms with E-state index in [0.717, 1.165) is 6.92 Å². The zero-order valence-electron chi connectivity index (χ0n) is 19.9. The van der Waals surface area contributed by atoms with Gasteiger partial charge in [0.1, 0.15) is 10.9 Å². The number of rotatable bonds is 15. The maximum Gasteiger partial charge on any atom is 0.314 e. The number of guanidine groups is 1. The van der Waals surface area contributed by atoms with Crippen molar-refractivity contribution >= 4 is 50.5 Å². The molecule has 36 heavy (non-hydrogen) atoms. The number of hydrogen-bond donors (Lipinski definition) is 4. The van der Waals surface area contributed by atoms with Crippen molar-refractivity contribution in [3.63, 3.8) is 0 Å². The van der Waals surface area contributed by atoms with Crippen LogP contribution in [0.2, 0.25) is 0 Å². The van der Waals surface area contributed by atoms with Gasteiger partial charge in [-0.15, -0.1) is 0 Å². The molecule has 0 aliphatic carbocycles. The average Bonchev–Trinajstić information content (AvgIpc) is 2.82. The first kappa shape index (κ1) is 30.6. The van der Waals surface area contributed by atoms with Crippen LogP contribution in [-0.4, -0.2) is 72.4 Å². The molecule has 1 aromatic rings. The van der Waals surface area contributed by atoms with Crippen molar-refractivity contribution in [3.05, 3.63) is 46.0 Å². The molecule has 198 valence electrons. The number of carbonyl (C=O) groups excluding carboxylic acids is 3. The monoisotopic (exact) mass is 542 g/mol. The van der Waals surface area contributed by atoms with Gasteiger partial charge in [-0.3, -0.25) is 29.5 Å². The highest BCUT2D eigenvalue weighted by atomic mass is 32.2. The largest absolute Gasteiger partial charge is 0.370 e. The number of amides is 2. The quantitative estimate of drug-likeness (QED) is 0.0552. The predicted octanol–water partition coefficient (Wildman–Crippen LogP) is -0.579. The third-order valence-electron chi connectivity index (χ3n) is 4.99. The van der Waals surface area contributed by atoms with Gasteiger partial charge in [0.2, 0.25) is 16.2 Å². The van der Waals surface area contributed by atoms with Crippen molar-refractivity contribution in [3.8, 4) is 0 Å². The van der Waals surface area contributed by atoms with E-state index in [0.29, 0.717) is 5.75 Å². The van der Waals surface area contributed by atoms with Crippen LogP contribution in [0.5, 0.6) is 0 Å². The molecule has 13 nitrogen and oxygen atoms in total. The Labute approximate surface area is 214 Å². The molecular formula is C21H30N6O7S2. The van der Waals surface area contributed by atoms with E-state index in [1.165, 1.54) is 23.9 Å². The van der Waals surface area contributed by atoms with E-state index in [4.69, 9.17) is 11.5 Å². The molecule has 15 heteroatoms. The van der Waals surface area contributed by atoms with E-state index < -0.39 is 55.8 Å². The van der Waals surface area contributed by atoms with E-state index in [9.17, 15) is 32.9 Å². The number of nitrogens with one attached hydrogen (secondary N) is 2. The number of carbonyl (C=O) groups is 3. The smallest absolute Gasteiger partial charge is 0.314 e. The summed E-state index contributed by atoms with van der Waals surface area (Å²) in [6.07, 6.45) is 2.13. The number of aliphatic imine (C=N–C) groups is 1. The van der Waals surface area contributed by atoms with E-state index in [1.54, 1.807) is 24.5 Å². The standard InChI is InChI=1S/C21H30N6O7S2/c1-13(36(33)34)18(28)15(10-12-35-2)25-19(29)16(9-6-11-24-21(22)23)26-20(30)17(27(31)32)14-7-4-3-5-8-14/h3-5,7-8,15-17H,6,9-12H2,1-2H3,(H,25,29)(H,26,30)(H4,22,23,24)/t15-,16-,17?/m0/s1. The summed E-state index contributed by atoms with van der Waals surface area (Å²) < 4.78 is 22.5. The van der Waals surface area contributed by atoms with Crippen LogP contribution in [0.3, 0.4) is 0 Å². The first-order valence-electron chi connectivity index (χ1n) is 10.8. The zero-order chi connectivity index (χ0) is 27.3. The highest BCUT2D eigenvalue weighted by Crippen LogP contribution is 2.17. The molecule has 0 aromatic heterocycles. The fourth-order valence-corrected chi connectivity index (χ4v) is 3.91. The lowest BCUT2D eigenvalue weighted by atomic mass is 10.0. The number of benzene rings is 1. The molecule has 0 radical (unpaired) electrons. The van der Waals surface area contributed by atoms with Gasteiger partial charge in [-0.1, -0.05) is 30.3 Å². The Kier molecular flexibility index (Phi) is 13.2. The second-order valence-corrected chi connectivity index (χ2v) is 9.67. The first-order valence-corrected chi connectivity index (χ1v) is 13.3. The highest BCUT2D eigenvalue weighted by molar-refractivity contribution is 7.98. The summed E-state index contributed by atoms with van der Waals surface area (Å²) in [6, 6.07) is 3.34. The summed E-state index contributed by atoms with van der Waals surface area (Å²) in [6.45, 7) is 1.25. The van der Waals surface area contributed by atoms with Crippen molar-refractivity contribution in [2.45, 2.75) is 44.3 Å². The topological polar surface area (TPSA) is 217 Å². The second-order valence-electron chi connectivity index (χ2n) is 7.61. The van der Waals surface area contributed by atoms with Gasteiger partial charge in [-0.05, 0) is 38.2 Å². The molecule has 0 bridgehead atoms. The van der Waals surface area contributed by atoms with Gasteiger partial charge >= 0.3 is 6.04 Å². The zero-order valence-corrected chi connectivity index (χ0v) is 21.5. The van der Waals surface area contributed by atoms with E-state index in [1.807, 2.05) is 0 Å². The molecule has 0 saturated carbocycles. The summed E-state index contributed by atoms with van der Waals surface area (Å²) >= 11 is 1.39. The van der Waals surface area contributed by atoms with Crippen LogP contribution < -0.4 is 22.1 Å². The third-order valence-corrected chi connectivity index (χ3v) is 6.34. The Morgan fingerprint density at radius 2 is 1.69 bits per heavy atom. The molecule has 0 saturated heterocycles. The van der Waals surface area contributed by atoms with Crippen LogP contribution in [0, 0.1) is 10.1 Å². The molecule has 0 aliphatic heterocycles. The number of thioether (sulfide) groups is 1. The van der Waals surface area contributed by atoms with Crippen molar-refractivity contribution in [2.24, 2.45) is 16.5 Å². The molecule has 0 spiro atoms. The Morgan fingerprint density at radius 1 is 1.08 bits per heavy atom. The average molecular weight is 543 g/mol. The molecule has 0 heterocycles. The van der Waals surface area contributed by atoms with Crippen molar-refractivity contribution in [2.75, 3.05) is 18.6 Å². The molecule has 2 amide bonds. The molecule has 3 atom stereocenters. The van der Waals surface area contributed by atoms with Gasteiger partial charge in [-0.25, -0.2) is 0 Å². The minimum absolute atomic E-state index is 0.00675. The van der Waals surface area contributed by atoms with Crippen LogP contribution in [0.1, 0.15) is 37.8 Å². The molecule has 1 aromatic carbocycles. The van der Waals surface area contributed by atoms with Gasteiger partial charge < -0.3 is 22.1 Å². The number of nitrogens with zero attached hydrogens (tertiary/aromatic N) is 2. The van der Waals surface area contributed by atoms with E-state index in [2.05, 4.69) is 15.6 Å².